The third-order valence-electron chi connectivity index (χ3n) is 5.60. The first-order valence-electron chi connectivity index (χ1n) is 10.6. The molecule has 0 saturated carbocycles. The number of ether oxygens (including phenoxy) is 1. The fraction of sp³-hybridized carbons (Fsp3) is 0.185. The van der Waals surface area contributed by atoms with Crippen LogP contribution >= 0.6 is 0 Å². The molecular formula is C27H25NO4. The molecule has 1 N–H and O–H groups in total. The molecule has 1 aliphatic rings. The summed E-state index contributed by atoms with van der Waals surface area (Å²) in [6, 6.07) is 21.3. The lowest BCUT2D eigenvalue weighted by Crippen LogP contribution is -2.30. The number of benzene rings is 3. The third kappa shape index (κ3) is 3.78. The van der Waals surface area contributed by atoms with Crippen molar-refractivity contribution in [2.75, 3.05) is 11.5 Å². The Morgan fingerprint density at radius 2 is 1.72 bits per heavy atom. The van der Waals surface area contributed by atoms with Crippen LogP contribution in [-0.4, -0.2) is 23.4 Å². The van der Waals surface area contributed by atoms with E-state index in [4.69, 9.17) is 4.74 Å². The van der Waals surface area contributed by atoms with Gasteiger partial charge in [-0.05, 0) is 55.7 Å². The minimum Gasteiger partial charge on any atom is -0.507 e. The summed E-state index contributed by atoms with van der Waals surface area (Å²) in [6.45, 7) is 6.20. The molecule has 162 valence electrons. The van der Waals surface area contributed by atoms with Crippen molar-refractivity contribution in [2.24, 2.45) is 0 Å². The van der Waals surface area contributed by atoms with Crippen LogP contribution in [0, 0.1) is 13.8 Å². The van der Waals surface area contributed by atoms with Gasteiger partial charge in [0.15, 0.2) is 0 Å². The van der Waals surface area contributed by atoms with Crippen molar-refractivity contribution in [1.82, 2.24) is 0 Å². The Labute approximate surface area is 187 Å². The molecule has 1 fully saturated rings. The highest BCUT2D eigenvalue weighted by atomic mass is 16.5. The van der Waals surface area contributed by atoms with E-state index in [1.165, 1.54) is 4.90 Å². The maximum absolute atomic E-state index is 13.3. The van der Waals surface area contributed by atoms with Crippen LogP contribution in [-0.2, 0) is 9.59 Å². The monoisotopic (exact) mass is 427 g/mol. The summed E-state index contributed by atoms with van der Waals surface area (Å²) in [5, 5.41) is 11.2. The smallest absolute Gasteiger partial charge is 0.300 e. The summed E-state index contributed by atoms with van der Waals surface area (Å²) < 4.78 is 5.54. The molecule has 1 saturated heterocycles. The number of aliphatic hydroxyl groups is 1. The zero-order chi connectivity index (χ0) is 22.8. The molecule has 1 atom stereocenters. The normalized spacial score (nSPS) is 17.6. The molecule has 5 heteroatoms. The zero-order valence-electron chi connectivity index (χ0n) is 18.3. The average molecular weight is 428 g/mol. The number of carbonyl (C=O) groups excluding carboxylic acids is 2. The minimum atomic E-state index is -0.743. The van der Waals surface area contributed by atoms with E-state index >= 15 is 0 Å². The van der Waals surface area contributed by atoms with Crippen molar-refractivity contribution < 1.29 is 19.4 Å². The van der Waals surface area contributed by atoms with Gasteiger partial charge < -0.3 is 9.84 Å². The van der Waals surface area contributed by atoms with Gasteiger partial charge in [-0.25, -0.2) is 0 Å². The summed E-state index contributed by atoms with van der Waals surface area (Å²) in [5.74, 6) is -1.00. The number of hydrogen-bond donors (Lipinski definition) is 1. The second-order valence-corrected chi connectivity index (χ2v) is 7.83. The summed E-state index contributed by atoms with van der Waals surface area (Å²) >= 11 is 0. The van der Waals surface area contributed by atoms with Crippen LogP contribution < -0.4 is 9.64 Å². The highest BCUT2D eigenvalue weighted by molar-refractivity contribution is 6.51. The predicted octanol–water partition coefficient (Wildman–Crippen LogP) is 5.33. The summed E-state index contributed by atoms with van der Waals surface area (Å²) in [4.78, 5) is 28.0. The second-order valence-electron chi connectivity index (χ2n) is 7.83. The van der Waals surface area contributed by atoms with Crippen molar-refractivity contribution >= 4 is 23.1 Å². The number of aliphatic hydroxyl groups excluding tert-OH is 1. The zero-order valence-corrected chi connectivity index (χ0v) is 18.3. The maximum atomic E-state index is 13.3. The van der Waals surface area contributed by atoms with Gasteiger partial charge in [0, 0.05) is 11.3 Å². The minimum absolute atomic E-state index is 0.0655. The Kier molecular flexibility index (Phi) is 5.82. The molecular weight excluding hydrogens is 402 g/mol. The lowest BCUT2D eigenvalue weighted by Gasteiger charge is -2.27. The SMILES string of the molecule is CCOc1cccc(/C(O)=C2\C(=O)C(=O)N(c3cc(C)ccc3C)C2c2ccccc2)c1. The van der Waals surface area contributed by atoms with Crippen LogP contribution in [0.15, 0.2) is 78.4 Å². The lowest BCUT2D eigenvalue weighted by atomic mass is 9.95. The number of hydrogen-bond acceptors (Lipinski definition) is 4. The van der Waals surface area contributed by atoms with Gasteiger partial charge in [0.2, 0.25) is 0 Å². The van der Waals surface area contributed by atoms with Crippen molar-refractivity contribution in [3.05, 3.63) is 101 Å². The lowest BCUT2D eigenvalue weighted by molar-refractivity contribution is -0.132. The Hall–Kier alpha value is -3.86. The molecule has 0 aliphatic carbocycles. The number of rotatable bonds is 5. The molecule has 1 amide bonds. The Bertz CT molecular complexity index is 1210. The molecule has 0 spiro atoms. The van der Waals surface area contributed by atoms with Gasteiger partial charge in [0.1, 0.15) is 11.5 Å². The number of carbonyl (C=O) groups is 2. The molecule has 4 rings (SSSR count). The van der Waals surface area contributed by atoms with Crippen molar-refractivity contribution in [3.8, 4) is 5.75 Å². The number of anilines is 1. The van der Waals surface area contributed by atoms with Gasteiger partial charge >= 0.3 is 0 Å². The van der Waals surface area contributed by atoms with Gasteiger partial charge in [-0.15, -0.1) is 0 Å². The van der Waals surface area contributed by atoms with Crippen molar-refractivity contribution in [3.63, 3.8) is 0 Å². The largest absolute Gasteiger partial charge is 0.507 e. The molecule has 32 heavy (non-hydrogen) atoms. The van der Waals surface area contributed by atoms with Gasteiger partial charge in [0.05, 0.1) is 18.2 Å². The van der Waals surface area contributed by atoms with E-state index in [1.54, 1.807) is 24.3 Å². The highest BCUT2D eigenvalue weighted by Gasteiger charge is 2.47. The van der Waals surface area contributed by atoms with Crippen LogP contribution in [0.5, 0.6) is 5.75 Å². The van der Waals surface area contributed by atoms with E-state index in [0.29, 0.717) is 23.6 Å². The standard InChI is InChI=1S/C27H25NO4/c1-4-32-21-12-8-11-20(16-21)25(29)23-24(19-9-6-5-7-10-19)28(27(31)26(23)30)22-15-17(2)13-14-18(22)3/h5-16,24,29H,4H2,1-3H3/b25-23+. The summed E-state index contributed by atoms with van der Waals surface area (Å²) in [7, 11) is 0. The Morgan fingerprint density at radius 3 is 2.44 bits per heavy atom. The fourth-order valence-corrected chi connectivity index (χ4v) is 4.07. The second kappa shape index (κ2) is 8.71. The molecule has 1 unspecified atom stereocenters. The van der Waals surface area contributed by atoms with E-state index < -0.39 is 17.7 Å². The van der Waals surface area contributed by atoms with Crippen LogP contribution in [0.25, 0.3) is 5.76 Å². The van der Waals surface area contributed by atoms with Gasteiger partial charge in [0.25, 0.3) is 11.7 Å². The first-order valence-corrected chi connectivity index (χ1v) is 10.6. The third-order valence-corrected chi connectivity index (χ3v) is 5.60. The van der Waals surface area contributed by atoms with E-state index in [0.717, 1.165) is 16.7 Å². The number of Topliss-reactive ketones (excluding diaryl/α,β-unsaturated/α-hetero) is 1. The molecule has 3 aromatic rings. The molecule has 0 bridgehead atoms. The molecule has 3 aromatic carbocycles. The van der Waals surface area contributed by atoms with Crippen LogP contribution in [0.1, 0.15) is 35.2 Å². The molecule has 1 aliphatic heterocycles. The number of amides is 1. The Morgan fingerprint density at radius 1 is 0.969 bits per heavy atom. The molecule has 5 nitrogen and oxygen atoms in total. The first kappa shape index (κ1) is 21.4. The van der Waals surface area contributed by atoms with E-state index in [1.807, 2.05) is 69.3 Å². The Balaban J connectivity index is 1.94. The van der Waals surface area contributed by atoms with E-state index in [-0.39, 0.29) is 11.3 Å². The first-order chi connectivity index (χ1) is 15.4. The number of aryl methyl sites for hydroxylation is 2. The van der Waals surface area contributed by atoms with Crippen LogP contribution in [0.3, 0.4) is 0 Å². The fourth-order valence-electron chi connectivity index (χ4n) is 4.07. The maximum Gasteiger partial charge on any atom is 0.300 e. The molecule has 0 aromatic heterocycles. The van der Waals surface area contributed by atoms with E-state index in [2.05, 4.69) is 0 Å². The summed E-state index contributed by atoms with van der Waals surface area (Å²) in [5.41, 5.74) is 3.74. The van der Waals surface area contributed by atoms with Gasteiger partial charge in [-0.1, -0.05) is 54.6 Å². The predicted molar refractivity (Wildman–Crippen MR) is 125 cm³/mol. The quantitative estimate of drug-likeness (QED) is 0.340. The summed E-state index contributed by atoms with van der Waals surface area (Å²) in [6.07, 6.45) is 0. The number of nitrogens with zero attached hydrogens (tertiary/aromatic N) is 1. The molecule has 0 radical (unpaired) electrons. The van der Waals surface area contributed by atoms with Gasteiger partial charge in [-0.2, -0.15) is 0 Å². The molecule has 1 heterocycles. The number of ketones is 1. The van der Waals surface area contributed by atoms with Crippen LogP contribution in [0.2, 0.25) is 0 Å². The van der Waals surface area contributed by atoms with Gasteiger partial charge in [-0.3, -0.25) is 14.5 Å². The van der Waals surface area contributed by atoms with Crippen molar-refractivity contribution in [1.29, 1.82) is 0 Å². The highest BCUT2D eigenvalue weighted by Crippen LogP contribution is 2.43. The van der Waals surface area contributed by atoms with Crippen molar-refractivity contribution in [2.45, 2.75) is 26.8 Å². The average Bonchev–Trinajstić information content (AvgIpc) is 3.06. The topological polar surface area (TPSA) is 66.8 Å². The van der Waals surface area contributed by atoms with E-state index in [9.17, 15) is 14.7 Å². The van der Waals surface area contributed by atoms with Crippen LogP contribution in [0.4, 0.5) is 5.69 Å².